The van der Waals surface area contributed by atoms with Gasteiger partial charge in [0.2, 0.25) is 5.91 Å². The minimum absolute atomic E-state index is 0.179. The van der Waals surface area contributed by atoms with Gasteiger partial charge in [0, 0.05) is 17.8 Å². The second kappa shape index (κ2) is 7.16. The average Bonchev–Trinajstić information content (AvgIpc) is 2.31. The van der Waals surface area contributed by atoms with Crippen molar-refractivity contribution in [2.45, 2.75) is 58.4 Å². The van der Waals surface area contributed by atoms with Crippen LogP contribution in [0.4, 0.5) is 0 Å². The molecule has 94 valence electrons. The van der Waals surface area contributed by atoms with E-state index < -0.39 is 0 Å². The normalized spacial score (nSPS) is 25.8. The van der Waals surface area contributed by atoms with E-state index >= 15 is 0 Å². The van der Waals surface area contributed by atoms with Crippen molar-refractivity contribution in [3.8, 4) is 0 Å². The Labute approximate surface area is 104 Å². The van der Waals surface area contributed by atoms with Crippen molar-refractivity contribution in [1.82, 2.24) is 5.32 Å². The van der Waals surface area contributed by atoms with Crippen LogP contribution in [-0.4, -0.2) is 17.8 Å². The molecule has 0 aromatic heterocycles. The van der Waals surface area contributed by atoms with Crippen LogP contribution >= 0.6 is 11.6 Å². The molecule has 1 aliphatic rings. The Kier molecular flexibility index (Phi) is 6.18. The molecule has 3 heteroatoms. The van der Waals surface area contributed by atoms with Gasteiger partial charge in [-0.3, -0.25) is 4.79 Å². The Morgan fingerprint density at radius 2 is 1.94 bits per heavy atom. The van der Waals surface area contributed by atoms with Crippen LogP contribution in [0.15, 0.2) is 0 Å². The van der Waals surface area contributed by atoms with E-state index in [9.17, 15) is 4.79 Å². The molecule has 1 N–H and O–H groups in total. The van der Waals surface area contributed by atoms with Crippen LogP contribution in [0.3, 0.4) is 0 Å². The van der Waals surface area contributed by atoms with E-state index in [1.54, 1.807) is 0 Å². The first-order valence-electron chi connectivity index (χ1n) is 6.59. The zero-order valence-corrected chi connectivity index (χ0v) is 11.2. The van der Waals surface area contributed by atoms with Crippen LogP contribution in [0.2, 0.25) is 0 Å². The first kappa shape index (κ1) is 13.8. The summed E-state index contributed by atoms with van der Waals surface area (Å²) in [6.45, 7) is 4.15. The molecule has 0 radical (unpaired) electrons. The summed E-state index contributed by atoms with van der Waals surface area (Å²) in [6.07, 6.45) is 6.61. The molecule has 0 spiro atoms. The molecule has 0 aliphatic heterocycles. The van der Waals surface area contributed by atoms with E-state index in [1.807, 2.05) is 0 Å². The molecule has 0 heterocycles. The van der Waals surface area contributed by atoms with Crippen molar-refractivity contribution in [3.63, 3.8) is 0 Å². The summed E-state index contributed by atoms with van der Waals surface area (Å²) >= 11 is 5.95. The number of carbonyl (C=O) groups is 1. The highest BCUT2D eigenvalue weighted by atomic mass is 35.5. The third-order valence-electron chi connectivity index (χ3n) is 3.79. The van der Waals surface area contributed by atoms with Gasteiger partial charge in [0.25, 0.3) is 0 Å². The van der Waals surface area contributed by atoms with Crippen LogP contribution in [0, 0.1) is 11.8 Å². The molecule has 0 aromatic carbocycles. The average molecular weight is 246 g/mol. The third kappa shape index (κ3) is 3.65. The first-order valence-corrected chi connectivity index (χ1v) is 7.12. The highest BCUT2D eigenvalue weighted by Gasteiger charge is 2.27. The van der Waals surface area contributed by atoms with Gasteiger partial charge in [-0.05, 0) is 31.6 Å². The van der Waals surface area contributed by atoms with E-state index in [4.69, 9.17) is 11.6 Å². The molecule has 0 saturated heterocycles. The molecule has 1 aliphatic carbocycles. The lowest BCUT2D eigenvalue weighted by atomic mass is 9.85. The van der Waals surface area contributed by atoms with Gasteiger partial charge in [-0.2, -0.15) is 0 Å². The van der Waals surface area contributed by atoms with Gasteiger partial charge >= 0.3 is 0 Å². The number of amides is 1. The maximum atomic E-state index is 12.0. The molecule has 2 atom stereocenters. The summed E-state index contributed by atoms with van der Waals surface area (Å²) in [5, 5.41) is 3.20. The Balaban J connectivity index is 2.47. The SMILES string of the molecule is CCC(CC)C(=O)NC1CCCCC1CCl. The first-order chi connectivity index (χ1) is 7.72. The molecular weight excluding hydrogens is 222 g/mol. The quantitative estimate of drug-likeness (QED) is 0.740. The molecule has 2 nitrogen and oxygen atoms in total. The monoisotopic (exact) mass is 245 g/mol. The maximum absolute atomic E-state index is 12.0. The minimum atomic E-state index is 0.179. The van der Waals surface area contributed by atoms with Gasteiger partial charge in [0.15, 0.2) is 0 Å². The summed E-state index contributed by atoms with van der Waals surface area (Å²) in [5.41, 5.74) is 0. The van der Waals surface area contributed by atoms with Gasteiger partial charge in [-0.25, -0.2) is 0 Å². The lowest BCUT2D eigenvalue weighted by Gasteiger charge is -2.31. The molecular formula is C13H24ClNO. The largest absolute Gasteiger partial charge is 0.353 e. The molecule has 2 unspecified atom stereocenters. The Hall–Kier alpha value is -0.240. The van der Waals surface area contributed by atoms with Gasteiger partial charge in [-0.1, -0.05) is 26.7 Å². The number of carbonyl (C=O) groups excluding carboxylic acids is 1. The van der Waals surface area contributed by atoms with E-state index in [2.05, 4.69) is 19.2 Å². The number of hydrogen-bond donors (Lipinski definition) is 1. The predicted octanol–water partition coefficient (Wildman–Crippen LogP) is 3.34. The van der Waals surface area contributed by atoms with Crippen LogP contribution in [0.25, 0.3) is 0 Å². The van der Waals surface area contributed by atoms with E-state index in [-0.39, 0.29) is 11.8 Å². The van der Waals surface area contributed by atoms with Crippen LogP contribution < -0.4 is 5.32 Å². The summed E-state index contributed by atoms with van der Waals surface area (Å²) in [7, 11) is 0. The number of hydrogen-bond acceptors (Lipinski definition) is 1. The molecule has 1 fully saturated rings. The minimum Gasteiger partial charge on any atom is -0.353 e. The smallest absolute Gasteiger partial charge is 0.223 e. The van der Waals surface area contributed by atoms with Gasteiger partial charge in [0.1, 0.15) is 0 Å². The summed E-state index contributed by atoms with van der Waals surface area (Å²) in [4.78, 5) is 12.0. The van der Waals surface area contributed by atoms with Crippen LogP contribution in [0.1, 0.15) is 52.4 Å². The molecule has 0 aromatic rings. The van der Waals surface area contributed by atoms with Crippen molar-refractivity contribution in [1.29, 1.82) is 0 Å². The highest BCUT2D eigenvalue weighted by molar-refractivity contribution is 6.18. The standard InChI is InChI=1S/C13H24ClNO/c1-3-10(4-2)13(16)15-12-8-6-5-7-11(12)9-14/h10-12H,3-9H2,1-2H3,(H,15,16). The second-order valence-electron chi connectivity index (χ2n) is 4.83. The third-order valence-corrected chi connectivity index (χ3v) is 4.19. The second-order valence-corrected chi connectivity index (χ2v) is 5.14. The topological polar surface area (TPSA) is 29.1 Å². The number of halogens is 1. The zero-order valence-electron chi connectivity index (χ0n) is 10.5. The lowest BCUT2D eigenvalue weighted by Crippen LogP contribution is -2.45. The van der Waals surface area contributed by atoms with E-state index in [0.29, 0.717) is 17.8 Å². The fourth-order valence-electron chi connectivity index (χ4n) is 2.54. The van der Waals surface area contributed by atoms with Crippen molar-refractivity contribution >= 4 is 17.5 Å². The lowest BCUT2D eigenvalue weighted by molar-refractivity contribution is -0.126. The molecule has 1 rings (SSSR count). The Bertz CT molecular complexity index is 216. The van der Waals surface area contributed by atoms with Crippen molar-refractivity contribution < 1.29 is 4.79 Å². The highest BCUT2D eigenvalue weighted by Crippen LogP contribution is 2.25. The fraction of sp³-hybridized carbons (Fsp3) is 0.923. The fourth-order valence-corrected chi connectivity index (χ4v) is 2.91. The molecule has 1 saturated carbocycles. The Morgan fingerprint density at radius 1 is 1.31 bits per heavy atom. The number of alkyl halides is 1. The van der Waals surface area contributed by atoms with Crippen molar-refractivity contribution in [2.24, 2.45) is 11.8 Å². The van der Waals surface area contributed by atoms with Gasteiger partial charge < -0.3 is 5.32 Å². The van der Waals surface area contributed by atoms with Gasteiger partial charge in [-0.15, -0.1) is 11.6 Å². The summed E-state index contributed by atoms with van der Waals surface area (Å²) in [6, 6.07) is 0.319. The zero-order chi connectivity index (χ0) is 12.0. The van der Waals surface area contributed by atoms with E-state index in [0.717, 1.165) is 25.7 Å². The van der Waals surface area contributed by atoms with Crippen LogP contribution in [0.5, 0.6) is 0 Å². The number of nitrogens with one attached hydrogen (secondary N) is 1. The predicted molar refractivity (Wildman–Crippen MR) is 68.7 cm³/mol. The van der Waals surface area contributed by atoms with E-state index in [1.165, 1.54) is 12.8 Å². The summed E-state index contributed by atoms with van der Waals surface area (Å²) < 4.78 is 0. The summed E-state index contributed by atoms with van der Waals surface area (Å²) in [5.74, 6) is 1.56. The maximum Gasteiger partial charge on any atom is 0.223 e. The van der Waals surface area contributed by atoms with Crippen molar-refractivity contribution in [3.05, 3.63) is 0 Å². The van der Waals surface area contributed by atoms with Crippen LogP contribution in [-0.2, 0) is 4.79 Å². The Morgan fingerprint density at radius 3 is 2.50 bits per heavy atom. The van der Waals surface area contributed by atoms with Gasteiger partial charge in [0.05, 0.1) is 0 Å². The molecule has 1 amide bonds. The molecule has 0 bridgehead atoms. The number of rotatable bonds is 5. The molecule has 16 heavy (non-hydrogen) atoms. The van der Waals surface area contributed by atoms with Crippen molar-refractivity contribution in [2.75, 3.05) is 5.88 Å².